The number of carboxylic acids is 1. The summed E-state index contributed by atoms with van der Waals surface area (Å²) in [6.45, 7) is 3.86. The van der Waals surface area contributed by atoms with Crippen LogP contribution in [-0.4, -0.2) is 23.5 Å². The van der Waals surface area contributed by atoms with Gasteiger partial charge in [-0.25, -0.2) is 4.79 Å². The average molecular weight is 205 g/mol. The Balaban J connectivity index is 2.75. The first kappa shape index (κ1) is 11.0. The topological polar surface area (TPSA) is 66.4 Å². The molecule has 15 heavy (non-hydrogen) atoms. The summed E-state index contributed by atoms with van der Waals surface area (Å²) in [5.74, 6) is -1.25. The van der Waals surface area contributed by atoms with Gasteiger partial charge in [-0.15, -0.1) is 6.58 Å². The van der Waals surface area contributed by atoms with Crippen molar-refractivity contribution in [1.29, 1.82) is 0 Å². The van der Waals surface area contributed by atoms with Gasteiger partial charge in [0.1, 0.15) is 0 Å². The minimum absolute atomic E-state index is 0.162. The second-order valence-corrected chi connectivity index (χ2v) is 2.88. The first-order valence-corrected chi connectivity index (χ1v) is 4.37. The van der Waals surface area contributed by atoms with Crippen LogP contribution in [0.5, 0.6) is 0 Å². The van der Waals surface area contributed by atoms with Gasteiger partial charge in [0.25, 0.3) is 5.91 Å². The predicted molar refractivity (Wildman–Crippen MR) is 55.9 cm³/mol. The van der Waals surface area contributed by atoms with Crippen LogP contribution in [0.3, 0.4) is 0 Å². The molecule has 1 amide bonds. The molecule has 2 N–H and O–H groups in total. The van der Waals surface area contributed by atoms with E-state index in [0.29, 0.717) is 12.1 Å². The van der Waals surface area contributed by atoms with Crippen molar-refractivity contribution in [2.45, 2.75) is 0 Å². The molecule has 4 heteroatoms. The first-order chi connectivity index (χ1) is 7.15. The van der Waals surface area contributed by atoms with Gasteiger partial charge in [-0.05, 0) is 24.3 Å². The number of rotatable bonds is 4. The van der Waals surface area contributed by atoms with Gasteiger partial charge in [0.2, 0.25) is 0 Å². The molecule has 0 saturated carbocycles. The molecule has 1 rings (SSSR count). The highest BCUT2D eigenvalue weighted by atomic mass is 16.4. The Bertz CT molecular complexity index is 381. The van der Waals surface area contributed by atoms with E-state index in [1.54, 1.807) is 6.08 Å². The summed E-state index contributed by atoms with van der Waals surface area (Å²) in [4.78, 5) is 21.9. The first-order valence-electron chi connectivity index (χ1n) is 4.37. The normalized spacial score (nSPS) is 9.33. The van der Waals surface area contributed by atoms with Crippen molar-refractivity contribution in [2.75, 3.05) is 6.54 Å². The van der Waals surface area contributed by atoms with Crippen LogP contribution in [0, 0.1) is 0 Å². The molecule has 0 atom stereocenters. The number of aromatic carboxylic acids is 1. The van der Waals surface area contributed by atoms with Gasteiger partial charge in [0.05, 0.1) is 5.56 Å². The fourth-order valence-corrected chi connectivity index (χ4v) is 1.03. The summed E-state index contributed by atoms with van der Waals surface area (Å²) >= 11 is 0. The molecule has 0 radical (unpaired) electrons. The molecule has 0 heterocycles. The van der Waals surface area contributed by atoms with Crippen molar-refractivity contribution in [3.05, 3.63) is 48.0 Å². The van der Waals surface area contributed by atoms with Gasteiger partial charge < -0.3 is 10.4 Å². The number of carbonyl (C=O) groups is 2. The van der Waals surface area contributed by atoms with Gasteiger partial charge in [-0.3, -0.25) is 4.79 Å². The zero-order valence-electron chi connectivity index (χ0n) is 8.06. The van der Waals surface area contributed by atoms with E-state index in [1.165, 1.54) is 24.3 Å². The van der Waals surface area contributed by atoms with Crippen LogP contribution < -0.4 is 5.32 Å². The molecule has 1 aromatic rings. The molecule has 1 aromatic carbocycles. The lowest BCUT2D eigenvalue weighted by atomic mass is 10.1. The van der Waals surface area contributed by atoms with E-state index in [9.17, 15) is 9.59 Å². The molecule has 0 saturated heterocycles. The fraction of sp³-hybridized carbons (Fsp3) is 0.0909. The molecular weight excluding hydrogens is 194 g/mol. The Morgan fingerprint density at radius 1 is 1.27 bits per heavy atom. The van der Waals surface area contributed by atoms with Crippen LogP contribution in [0.25, 0.3) is 0 Å². The monoisotopic (exact) mass is 205 g/mol. The maximum Gasteiger partial charge on any atom is 0.335 e. The lowest BCUT2D eigenvalue weighted by Crippen LogP contribution is -2.23. The number of hydrogen-bond acceptors (Lipinski definition) is 2. The third-order valence-corrected chi connectivity index (χ3v) is 1.80. The van der Waals surface area contributed by atoms with Crippen LogP contribution in [0.15, 0.2) is 36.9 Å². The van der Waals surface area contributed by atoms with E-state index in [2.05, 4.69) is 11.9 Å². The molecule has 0 spiro atoms. The van der Waals surface area contributed by atoms with Crippen molar-refractivity contribution >= 4 is 11.9 Å². The summed E-state index contributed by atoms with van der Waals surface area (Å²) in [7, 11) is 0. The van der Waals surface area contributed by atoms with Crippen molar-refractivity contribution < 1.29 is 14.7 Å². The molecule has 0 unspecified atom stereocenters. The number of carboxylic acid groups (broad SMARTS) is 1. The van der Waals surface area contributed by atoms with E-state index in [1.807, 2.05) is 0 Å². The van der Waals surface area contributed by atoms with Crippen LogP contribution in [0.1, 0.15) is 20.7 Å². The van der Waals surface area contributed by atoms with Gasteiger partial charge in [-0.2, -0.15) is 0 Å². The standard InChI is InChI=1S/C11H11NO3/c1-2-7-12-10(13)8-3-5-9(6-4-8)11(14)15/h2-6H,1,7H2,(H,12,13)(H,14,15). The molecule has 0 aliphatic heterocycles. The number of nitrogens with one attached hydrogen (secondary N) is 1. The molecule has 0 aliphatic rings. The molecule has 0 fully saturated rings. The van der Waals surface area contributed by atoms with E-state index < -0.39 is 5.97 Å². The Morgan fingerprint density at radius 2 is 1.80 bits per heavy atom. The van der Waals surface area contributed by atoms with Gasteiger partial charge >= 0.3 is 5.97 Å². The average Bonchev–Trinajstić information content (AvgIpc) is 2.26. The minimum Gasteiger partial charge on any atom is -0.478 e. The highest BCUT2D eigenvalue weighted by molar-refractivity contribution is 5.95. The number of benzene rings is 1. The van der Waals surface area contributed by atoms with Crippen LogP contribution in [-0.2, 0) is 0 Å². The summed E-state index contributed by atoms with van der Waals surface area (Å²) in [5, 5.41) is 11.2. The predicted octanol–water partition coefficient (Wildman–Crippen LogP) is 1.30. The molecule has 0 aromatic heterocycles. The molecular formula is C11H11NO3. The Kier molecular flexibility index (Phi) is 3.62. The Morgan fingerprint density at radius 3 is 2.27 bits per heavy atom. The summed E-state index contributed by atoms with van der Waals surface area (Å²) in [6.07, 6.45) is 1.57. The molecule has 4 nitrogen and oxygen atoms in total. The second kappa shape index (κ2) is 4.95. The highest BCUT2D eigenvalue weighted by Crippen LogP contribution is 2.04. The molecule has 78 valence electrons. The molecule has 0 bridgehead atoms. The van der Waals surface area contributed by atoms with E-state index in [4.69, 9.17) is 5.11 Å². The third kappa shape index (κ3) is 2.95. The van der Waals surface area contributed by atoms with E-state index in [0.717, 1.165) is 0 Å². The highest BCUT2D eigenvalue weighted by Gasteiger charge is 2.06. The van der Waals surface area contributed by atoms with Crippen molar-refractivity contribution in [3.63, 3.8) is 0 Å². The lowest BCUT2D eigenvalue weighted by molar-refractivity contribution is 0.0696. The minimum atomic E-state index is -1.01. The summed E-state index contributed by atoms with van der Waals surface area (Å²) in [6, 6.07) is 5.74. The van der Waals surface area contributed by atoms with Crippen LogP contribution in [0.2, 0.25) is 0 Å². The SMILES string of the molecule is C=CCNC(=O)c1ccc(C(=O)O)cc1. The summed E-state index contributed by atoms with van der Waals surface area (Å²) in [5.41, 5.74) is 0.595. The molecule has 0 aliphatic carbocycles. The van der Waals surface area contributed by atoms with Crippen LogP contribution >= 0.6 is 0 Å². The zero-order valence-corrected chi connectivity index (χ0v) is 8.06. The number of hydrogen-bond donors (Lipinski definition) is 2. The number of amides is 1. The second-order valence-electron chi connectivity index (χ2n) is 2.88. The van der Waals surface area contributed by atoms with E-state index >= 15 is 0 Å². The van der Waals surface area contributed by atoms with E-state index in [-0.39, 0.29) is 11.5 Å². The fourth-order valence-electron chi connectivity index (χ4n) is 1.03. The number of carbonyl (C=O) groups excluding carboxylic acids is 1. The maximum atomic E-state index is 11.4. The van der Waals surface area contributed by atoms with Gasteiger partial charge in [0, 0.05) is 12.1 Å². The van der Waals surface area contributed by atoms with Crippen molar-refractivity contribution in [1.82, 2.24) is 5.32 Å². The van der Waals surface area contributed by atoms with Gasteiger partial charge in [0.15, 0.2) is 0 Å². The Hall–Kier alpha value is -2.10. The van der Waals surface area contributed by atoms with Gasteiger partial charge in [-0.1, -0.05) is 6.08 Å². The third-order valence-electron chi connectivity index (χ3n) is 1.80. The van der Waals surface area contributed by atoms with Crippen LogP contribution in [0.4, 0.5) is 0 Å². The quantitative estimate of drug-likeness (QED) is 0.728. The zero-order chi connectivity index (χ0) is 11.3. The maximum absolute atomic E-state index is 11.4. The largest absolute Gasteiger partial charge is 0.478 e. The van der Waals surface area contributed by atoms with Crippen molar-refractivity contribution in [2.24, 2.45) is 0 Å². The smallest absolute Gasteiger partial charge is 0.335 e. The summed E-state index contributed by atoms with van der Waals surface area (Å²) < 4.78 is 0. The lowest BCUT2D eigenvalue weighted by Gasteiger charge is -2.02. The van der Waals surface area contributed by atoms with Crippen molar-refractivity contribution in [3.8, 4) is 0 Å². The Labute approximate surface area is 87.2 Å².